The number of carbonyl (C=O) groups excluding carboxylic acids is 1. The molecule has 0 aromatic heterocycles. The number of piperidine rings is 1. The minimum Gasteiger partial charge on any atom is -0.460 e. The van der Waals surface area contributed by atoms with Gasteiger partial charge in [0.25, 0.3) is 0 Å². The molecule has 2 N–H and O–H groups in total. The molecule has 1 saturated heterocycles. The van der Waals surface area contributed by atoms with E-state index in [-0.39, 0.29) is 12.6 Å². The van der Waals surface area contributed by atoms with Crippen molar-refractivity contribution in [3.8, 4) is 0 Å². The van der Waals surface area contributed by atoms with Crippen molar-refractivity contribution < 1.29 is 47.4 Å². The molecule has 12 nitrogen and oxygen atoms in total. The van der Waals surface area contributed by atoms with Crippen LogP contribution in [-0.4, -0.2) is 137 Å². The number of hydrogen-bond acceptors (Lipinski definition) is 12. The van der Waals surface area contributed by atoms with Crippen molar-refractivity contribution >= 4 is 11.7 Å². The average Bonchev–Trinajstić information content (AvgIpc) is 3.05. The van der Waals surface area contributed by atoms with Crippen LogP contribution in [0.1, 0.15) is 43.0 Å². The molecule has 1 aliphatic rings. The summed E-state index contributed by atoms with van der Waals surface area (Å²) in [6, 6.07) is 7.30. The SMILES string of the molecule is CCCCNc1ccc(C(=O)OCCOCCOCCOCCOCCOCCOCCOCCOC2CCNCC2)cc1. The van der Waals surface area contributed by atoms with Gasteiger partial charge in [-0.1, -0.05) is 13.3 Å². The Labute approximate surface area is 263 Å². The average molecular weight is 629 g/mol. The smallest absolute Gasteiger partial charge is 0.338 e. The van der Waals surface area contributed by atoms with Gasteiger partial charge in [0, 0.05) is 12.2 Å². The monoisotopic (exact) mass is 628 g/mol. The zero-order valence-electron chi connectivity index (χ0n) is 26.7. The molecule has 0 bridgehead atoms. The highest BCUT2D eigenvalue weighted by atomic mass is 16.6. The Bertz CT molecular complexity index is 781. The van der Waals surface area contributed by atoms with Crippen molar-refractivity contribution in [3.63, 3.8) is 0 Å². The van der Waals surface area contributed by atoms with E-state index >= 15 is 0 Å². The van der Waals surface area contributed by atoms with E-state index in [2.05, 4.69) is 17.6 Å². The van der Waals surface area contributed by atoms with Gasteiger partial charge in [-0.25, -0.2) is 4.79 Å². The number of benzene rings is 1. The lowest BCUT2D eigenvalue weighted by atomic mass is 10.1. The van der Waals surface area contributed by atoms with Crippen molar-refractivity contribution in [2.75, 3.05) is 131 Å². The van der Waals surface area contributed by atoms with Crippen LogP contribution in [0.25, 0.3) is 0 Å². The summed E-state index contributed by atoms with van der Waals surface area (Å²) in [5.41, 5.74) is 1.52. The summed E-state index contributed by atoms with van der Waals surface area (Å²) in [5.74, 6) is -0.356. The molecular formula is C32H56N2O10. The summed E-state index contributed by atoms with van der Waals surface area (Å²) in [7, 11) is 0. The third-order valence-electron chi connectivity index (χ3n) is 6.54. The first kappa shape index (κ1) is 38.3. The van der Waals surface area contributed by atoms with E-state index in [4.69, 9.17) is 42.6 Å². The standard InChI is InChI=1S/C32H56N2O10/c1-2-3-10-34-30-6-4-29(5-7-30)32(35)44-28-26-42-24-22-40-20-18-38-16-14-36-13-15-37-17-19-39-21-23-41-25-27-43-31-8-11-33-12-9-31/h4-7,31,33-34H,2-3,8-28H2,1H3. The summed E-state index contributed by atoms with van der Waals surface area (Å²) >= 11 is 0. The van der Waals surface area contributed by atoms with Crippen LogP contribution in [0.15, 0.2) is 24.3 Å². The largest absolute Gasteiger partial charge is 0.460 e. The van der Waals surface area contributed by atoms with E-state index in [1.165, 1.54) is 0 Å². The molecule has 0 unspecified atom stereocenters. The van der Waals surface area contributed by atoms with Crippen LogP contribution in [0.4, 0.5) is 5.69 Å². The number of hydrogen-bond donors (Lipinski definition) is 2. The van der Waals surface area contributed by atoms with Crippen molar-refractivity contribution in [2.24, 2.45) is 0 Å². The molecule has 0 radical (unpaired) electrons. The molecule has 1 aliphatic heterocycles. The first-order valence-corrected chi connectivity index (χ1v) is 16.2. The van der Waals surface area contributed by atoms with Gasteiger partial charge in [-0.05, 0) is 56.6 Å². The lowest BCUT2D eigenvalue weighted by Gasteiger charge is -2.22. The number of ether oxygens (including phenoxy) is 9. The highest BCUT2D eigenvalue weighted by Crippen LogP contribution is 2.11. The molecule has 44 heavy (non-hydrogen) atoms. The number of rotatable bonds is 30. The van der Waals surface area contributed by atoms with E-state index in [0.717, 1.165) is 51.0 Å². The summed E-state index contributed by atoms with van der Waals surface area (Å²) in [5, 5.41) is 6.64. The minimum absolute atomic E-state index is 0.197. The van der Waals surface area contributed by atoms with Gasteiger partial charge in [-0.2, -0.15) is 0 Å². The summed E-state index contributed by atoms with van der Waals surface area (Å²) in [6.07, 6.45) is 4.78. The second-order valence-corrected chi connectivity index (χ2v) is 10.1. The normalized spacial score (nSPS) is 13.8. The van der Waals surface area contributed by atoms with Gasteiger partial charge in [-0.3, -0.25) is 0 Å². The van der Waals surface area contributed by atoms with Gasteiger partial charge in [0.1, 0.15) is 6.61 Å². The Morgan fingerprint density at radius 1 is 0.659 bits per heavy atom. The zero-order chi connectivity index (χ0) is 31.2. The van der Waals surface area contributed by atoms with Crippen molar-refractivity contribution in [2.45, 2.75) is 38.7 Å². The number of carbonyl (C=O) groups is 1. The van der Waals surface area contributed by atoms with Gasteiger partial charge in [0.15, 0.2) is 0 Å². The van der Waals surface area contributed by atoms with E-state index in [1.807, 2.05) is 12.1 Å². The van der Waals surface area contributed by atoms with Gasteiger partial charge in [0.2, 0.25) is 0 Å². The maximum Gasteiger partial charge on any atom is 0.338 e. The highest BCUT2D eigenvalue weighted by molar-refractivity contribution is 5.89. The maximum absolute atomic E-state index is 12.1. The van der Waals surface area contributed by atoms with Crippen LogP contribution < -0.4 is 10.6 Å². The molecule has 0 amide bonds. The fraction of sp³-hybridized carbons (Fsp3) is 0.781. The first-order chi connectivity index (χ1) is 21.8. The third kappa shape index (κ3) is 21.8. The Balaban J connectivity index is 1.21. The Hall–Kier alpha value is -1.87. The van der Waals surface area contributed by atoms with Crippen LogP contribution in [-0.2, 0) is 42.6 Å². The Kier molecular flexibility index (Phi) is 24.9. The second-order valence-electron chi connectivity index (χ2n) is 10.1. The quantitative estimate of drug-likeness (QED) is 0.0962. The lowest BCUT2D eigenvalue weighted by Crippen LogP contribution is -2.33. The molecule has 1 aromatic carbocycles. The Morgan fingerprint density at radius 2 is 1.09 bits per heavy atom. The van der Waals surface area contributed by atoms with Crippen LogP contribution >= 0.6 is 0 Å². The minimum atomic E-state index is -0.356. The number of esters is 1. The van der Waals surface area contributed by atoms with Gasteiger partial charge < -0.3 is 53.3 Å². The predicted molar refractivity (Wildman–Crippen MR) is 168 cm³/mol. The molecule has 0 spiro atoms. The molecule has 0 aliphatic carbocycles. The van der Waals surface area contributed by atoms with Crippen molar-refractivity contribution in [1.29, 1.82) is 0 Å². The summed E-state index contributed by atoms with van der Waals surface area (Å²) < 4.78 is 49.4. The highest BCUT2D eigenvalue weighted by Gasteiger charge is 2.12. The van der Waals surface area contributed by atoms with E-state index in [9.17, 15) is 4.79 Å². The fourth-order valence-electron chi connectivity index (χ4n) is 4.07. The fourth-order valence-corrected chi connectivity index (χ4v) is 4.07. The maximum atomic E-state index is 12.1. The molecule has 0 saturated carbocycles. The van der Waals surface area contributed by atoms with Crippen LogP contribution in [0, 0.1) is 0 Å². The lowest BCUT2D eigenvalue weighted by molar-refractivity contribution is -0.0316. The number of anilines is 1. The third-order valence-corrected chi connectivity index (χ3v) is 6.54. The molecular weight excluding hydrogens is 572 g/mol. The first-order valence-electron chi connectivity index (χ1n) is 16.2. The topological polar surface area (TPSA) is 124 Å². The second kappa shape index (κ2) is 28.6. The molecule has 254 valence electrons. The molecule has 1 fully saturated rings. The van der Waals surface area contributed by atoms with Gasteiger partial charge >= 0.3 is 5.97 Å². The number of nitrogens with one attached hydrogen (secondary N) is 2. The zero-order valence-corrected chi connectivity index (χ0v) is 26.7. The molecule has 1 heterocycles. The molecule has 0 atom stereocenters. The van der Waals surface area contributed by atoms with E-state index in [0.29, 0.717) is 111 Å². The van der Waals surface area contributed by atoms with Gasteiger partial charge in [-0.15, -0.1) is 0 Å². The predicted octanol–water partition coefficient (Wildman–Crippen LogP) is 2.94. The molecule has 1 aromatic rings. The van der Waals surface area contributed by atoms with Crippen molar-refractivity contribution in [3.05, 3.63) is 29.8 Å². The van der Waals surface area contributed by atoms with Gasteiger partial charge in [0.05, 0.1) is 111 Å². The van der Waals surface area contributed by atoms with Crippen LogP contribution in [0.3, 0.4) is 0 Å². The molecule has 2 rings (SSSR count). The molecule has 12 heteroatoms. The van der Waals surface area contributed by atoms with E-state index in [1.54, 1.807) is 12.1 Å². The van der Waals surface area contributed by atoms with E-state index < -0.39 is 0 Å². The van der Waals surface area contributed by atoms with Crippen LogP contribution in [0.2, 0.25) is 0 Å². The summed E-state index contributed by atoms with van der Waals surface area (Å²) in [6.45, 7) is 12.9. The number of unbranched alkanes of at least 4 members (excludes halogenated alkanes) is 1. The summed E-state index contributed by atoms with van der Waals surface area (Å²) in [4.78, 5) is 12.1. The van der Waals surface area contributed by atoms with Crippen LogP contribution in [0.5, 0.6) is 0 Å². The Morgan fingerprint density at radius 3 is 1.55 bits per heavy atom. The van der Waals surface area contributed by atoms with Crippen molar-refractivity contribution in [1.82, 2.24) is 5.32 Å².